The van der Waals surface area contributed by atoms with Gasteiger partial charge in [0.1, 0.15) is 0 Å². The lowest BCUT2D eigenvalue weighted by Gasteiger charge is -2.13. The van der Waals surface area contributed by atoms with Gasteiger partial charge in [-0.25, -0.2) is 0 Å². The van der Waals surface area contributed by atoms with E-state index in [-0.39, 0.29) is 18.0 Å². The highest BCUT2D eigenvalue weighted by Gasteiger charge is 2.16. The van der Waals surface area contributed by atoms with Gasteiger partial charge in [-0.1, -0.05) is 6.92 Å². The van der Waals surface area contributed by atoms with Crippen molar-refractivity contribution in [2.24, 2.45) is 5.92 Å². The third-order valence-electron chi connectivity index (χ3n) is 1.40. The third-order valence-corrected chi connectivity index (χ3v) is 1.84. The summed E-state index contributed by atoms with van der Waals surface area (Å²) in [5.41, 5.74) is 0. The predicted octanol–water partition coefficient (Wildman–Crippen LogP) is 1.89. The first-order valence-corrected chi connectivity index (χ1v) is 4.56. The van der Waals surface area contributed by atoms with Crippen molar-refractivity contribution in [3.63, 3.8) is 0 Å². The Labute approximate surface area is 73.7 Å². The number of rotatable bonds is 4. The van der Waals surface area contributed by atoms with E-state index in [2.05, 4.69) is 12.6 Å². The molecule has 0 heterocycles. The van der Waals surface area contributed by atoms with Crippen molar-refractivity contribution in [2.45, 2.75) is 33.3 Å². The van der Waals surface area contributed by atoms with Gasteiger partial charge >= 0.3 is 5.97 Å². The van der Waals surface area contributed by atoms with E-state index >= 15 is 0 Å². The molecule has 0 bridgehead atoms. The van der Waals surface area contributed by atoms with Gasteiger partial charge in [-0.3, -0.25) is 4.79 Å². The lowest BCUT2D eigenvalue weighted by Crippen LogP contribution is -2.21. The standard InChI is InChI=1S/C8H16O2S/c1-4-7(5-11)8(9)10-6(2)3/h6-7,11H,4-5H2,1-3H3. The maximum atomic E-state index is 11.1. The molecular weight excluding hydrogens is 160 g/mol. The molecule has 0 spiro atoms. The van der Waals surface area contributed by atoms with Crippen LogP contribution in [0.5, 0.6) is 0 Å². The van der Waals surface area contributed by atoms with Gasteiger partial charge in [0.2, 0.25) is 0 Å². The summed E-state index contributed by atoms with van der Waals surface area (Å²) in [5, 5.41) is 0. The van der Waals surface area contributed by atoms with Crippen molar-refractivity contribution in [1.82, 2.24) is 0 Å². The Kier molecular flexibility index (Phi) is 5.38. The fraction of sp³-hybridized carbons (Fsp3) is 0.875. The molecule has 0 aromatic heterocycles. The van der Waals surface area contributed by atoms with Crippen molar-refractivity contribution in [1.29, 1.82) is 0 Å². The molecule has 0 saturated carbocycles. The van der Waals surface area contributed by atoms with Crippen LogP contribution in [0.15, 0.2) is 0 Å². The average Bonchev–Trinajstić information content (AvgIpc) is 1.88. The minimum Gasteiger partial charge on any atom is -0.463 e. The summed E-state index contributed by atoms with van der Waals surface area (Å²) in [6.07, 6.45) is 0.783. The first-order chi connectivity index (χ1) is 5.11. The van der Waals surface area contributed by atoms with Crippen molar-refractivity contribution in [3.05, 3.63) is 0 Å². The van der Waals surface area contributed by atoms with Crippen LogP contribution in [-0.2, 0) is 9.53 Å². The smallest absolute Gasteiger partial charge is 0.310 e. The highest BCUT2D eigenvalue weighted by atomic mass is 32.1. The van der Waals surface area contributed by atoms with Gasteiger partial charge in [-0.15, -0.1) is 0 Å². The van der Waals surface area contributed by atoms with Gasteiger partial charge in [0, 0.05) is 5.75 Å². The van der Waals surface area contributed by atoms with Crippen LogP contribution in [0.2, 0.25) is 0 Å². The molecule has 0 rings (SSSR count). The number of carbonyl (C=O) groups excluding carboxylic acids is 1. The molecular formula is C8H16O2S. The molecule has 11 heavy (non-hydrogen) atoms. The Balaban J connectivity index is 3.79. The number of ether oxygens (including phenoxy) is 1. The molecule has 1 atom stereocenters. The van der Waals surface area contributed by atoms with Crippen LogP contribution < -0.4 is 0 Å². The molecule has 0 aliphatic rings. The number of hydrogen-bond donors (Lipinski definition) is 1. The van der Waals surface area contributed by atoms with E-state index in [1.807, 2.05) is 20.8 Å². The summed E-state index contributed by atoms with van der Waals surface area (Å²) < 4.78 is 5.01. The molecule has 0 fully saturated rings. The van der Waals surface area contributed by atoms with Gasteiger partial charge in [0.25, 0.3) is 0 Å². The second-order valence-electron chi connectivity index (χ2n) is 2.77. The Bertz CT molecular complexity index is 119. The minimum absolute atomic E-state index is 0.0172. The van der Waals surface area contributed by atoms with Crippen molar-refractivity contribution >= 4 is 18.6 Å². The predicted molar refractivity (Wildman–Crippen MR) is 48.9 cm³/mol. The van der Waals surface area contributed by atoms with Crippen molar-refractivity contribution in [2.75, 3.05) is 5.75 Å². The van der Waals surface area contributed by atoms with E-state index in [4.69, 9.17) is 4.74 Å². The van der Waals surface area contributed by atoms with Crippen molar-refractivity contribution in [3.8, 4) is 0 Å². The van der Waals surface area contributed by atoms with Gasteiger partial charge in [0.15, 0.2) is 0 Å². The summed E-state index contributed by atoms with van der Waals surface area (Å²) in [4.78, 5) is 11.1. The zero-order valence-electron chi connectivity index (χ0n) is 7.33. The fourth-order valence-electron chi connectivity index (χ4n) is 0.699. The lowest BCUT2D eigenvalue weighted by molar-refractivity contribution is -0.151. The van der Waals surface area contributed by atoms with Crippen molar-refractivity contribution < 1.29 is 9.53 Å². The van der Waals surface area contributed by atoms with Gasteiger partial charge in [-0.2, -0.15) is 12.6 Å². The van der Waals surface area contributed by atoms with Crippen LogP contribution in [0.3, 0.4) is 0 Å². The summed E-state index contributed by atoms with van der Waals surface area (Å²) in [7, 11) is 0. The van der Waals surface area contributed by atoms with Crippen LogP contribution in [0.4, 0.5) is 0 Å². The SMILES string of the molecule is CCC(CS)C(=O)OC(C)C. The van der Waals surface area contributed by atoms with Crippen LogP contribution in [0.25, 0.3) is 0 Å². The Hall–Kier alpha value is -0.180. The first-order valence-electron chi connectivity index (χ1n) is 3.93. The van der Waals surface area contributed by atoms with Gasteiger partial charge in [0.05, 0.1) is 12.0 Å². The molecule has 0 amide bonds. The highest BCUT2D eigenvalue weighted by Crippen LogP contribution is 2.08. The molecule has 66 valence electrons. The Morgan fingerprint density at radius 1 is 1.55 bits per heavy atom. The van der Waals surface area contributed by atoms with E-state index in [9.17, 15) is 4.79 Å². The topological polar surface area (TPSA) is 26.3 Å². The lowest BCUT2D eigenvalue weighted by atomic mass is 10.1. The van der Waals surface area contributed by atoms with Crippen LogP contribution in [-0.4, -0.2) is 17.8 Å². The highest BCUT2D eigenvalue weighted by molar-refractivity contribution is 7.80. The molecule has 0 radical (unpaired) electrons. The normalized spacial score (nSPS) is 13.2. The number of hydrogen-bond acceptors (Lipinski definition) is 3. The van der Waals surface area contributed by atoms with Crippen LogP contribution in [0.1, 0.15) is 27.2 Å². The average molecular weight is 176 g/mol. The fourth-order valence-corrected chi connectivity index (χ4v) is 1.11. The van der Waals surface area contributed by atoms with E-state index in [0.29, 0.717) is 5.75 Å². The van der Waals surface area contributed by atoms with E-state index in [1.54, 1.807) is 0 Å². The molecule has 2 nitrogen and oxygen atoms in total. The maximum Gasteiger partial charge on any atom is 0.310 e. The van der Waals surface area contributed by atoms with E-state index in [0.717, 1.165) is 6.42 Å². The van der Waals surface area contributed by atoms with Gasteiger partial charge in [-0.05, 0) is 20.3 Å². The number of esters is 1. The quantitative estimate of drug-likeness (QED) is 0.523. The molecule has 1 unspecified atom stereocenters. The summed E-state index contributed by atoms with van der Waals surface area (Å²) >= 11 is 4.06. The maximum absolute atomic E-state index is 11.1. The minimum atomic E-state index is -0.127. The second kappa shape index (κ2) is 5.47. The number of carbonyl (C=O) groups is 1. The Morgan fingerprint density at radius 2 is 2.09 bits per heavy atom. The largest absolute Gasteiger partial charge is 0.463 e. The molecule has 0 aromatic carbocycles. The zero-order chi connectivity index (χ0) is 8.85. The molecule has 0 aromatic rings. The Morgan fingerprint density at radius 3 is 2.36 bits per heavy atom. The molecule has 0 N–H and O–H groups in total. The number of thiol groups is 1. The zero-order valence-corrected chi connectivity index (χ0v) is 8.23. The van der Waals surface area contributed by atoms with Gasteiger partial charge < -0.3 is 4.74 Å². The third kappa shape index (κ3) is 4.30. The first kappa shape index (κ1) is 10.8. The molecule has 3 heteroatoms. The molecule has 0 aliphatic heterocycles. The monoisotopic (exact) mass is 176 g/mol. The van der Waals surface area contributed by atoms with E-state index < -0.39 is 0 Å². The molecule has 0 saturated heterocycles. The molecule has 0 aliphatic carbocycles. The van der Waals surface area contributed by atoms with Crippen LogP contribution in [0, 0.1) is 5.92 Å². The van der Waals surface area contributed by atoms with E-state index in [1.165, 1.54) is 0 Å². The summed E-state index contributed by atoms with van der Waals surface area (Å²) in [6.45, 7) is 5.66. The summed E-state index contributed by atoms with van der Waals surface area (Å²) in [5.74, 6) is 0.403. The second-order valence-corrected chi connectivity index (χ2v) is 3.14. The summed E-state index contributed by atoms with van der Waals surface area (Å²) in [6, 6.07) is 0. The van der Waals surface area contributed by atoms with Crippen LogP contribution >= 0.6 is 12.6 Å².